The van der Waals surface area contributed by atoms with Gasteiger partial charge in [0.05, 0.1) is 11.4 Å². The van der Waals surface area contributed by atoms with Crippen LogP contribution in [0, 0.1) is 5.82 Å². The smallest absolute Gasteiger partial charge is 0.176 e. The van der Waals surface area contributed by atoms with Crippen LogP contribution in [0.5, 0.6) is 0 Å². The molecule has 0 aliphatic heterocycles. The molecule has 18 heavy (non-hydrogen) atoms. The van der Waals surface area contributed by atoms with Crippen LogP contribution < -0.4 is 0 Å². The Balaban J connectivity index is 2.17. The Morgan fingerprint density at radius 2 is 2.17 bits per heavy atom. The largest absolute Gasteiger partial charge is 0.427 e. The van der Waals surface area contributed by atoms with E-state index < -0.39 is 0 Å². The molecule has 0 bridgehead atoms. The maximum absolute atomic E-state index is 13.2. The average molecular weight is 244 g/mol. The maximum Gasteiger partial charge on any atom is 0.176 e. The molecule has 0 radical (unpaired) electrons. The van der Waals surface area contributed by atoms with Crippen molar-refractivity contribution in [2.24, 2.45) is 0 Å². The molecule has 1 aliphatic rings. The van der Waals surface area contributed by atoms with Crippen LogP contribution in [-0.4, -0.2) is 14.9 Å². The molecule has 0 amide bonds. The van der Waals surface area contributed by atoms with Crippen LogP contribution in [0.1, 0.15) is 24.2 Å². The van der Waals surface area contributed by atoms with Gasteiger partial charge in [-0.1, -0.05) is 18.7 Å². The molecular formula is C14H13FN2O. The number of hydrogen-bond donors (Lipinski definition) is 1. The molecule has 0 unspecified atom stereocenters. The number of nitrogens with zero attached hydrogens (tertiary/aromatic N) is 2. The summed E-state index contributed by atoms with van der Waals surface area (Å²) in [7, 11) is 0. The highest BCUT2D eigenvalue weighted by Gasteiger charge is 2.23. The topological polar surface area (TPSA) is 38.0 Å². The summed E-state index contributed by atoms with van der Waals surface area (Å²) >= 11 is 0. The summed E-state index contributed by atoms with van der Waals surface area (Å²) in [5.41, 5.74) is 3.02. The van der Waals surface area contributed by atoms with Crippen molar-refractivity contribution in [3.05, 3.63) is 48.0 Å². The molecule has 3 rings (SSSR count). The van der Waals surface area contributed by atoms with Crippen LogP contribution in [0.3, 0.4) is 0 Å². The van der Waals surface area contributed by atoms with Gasteiger partial charge in [0.25, 0.3) is 0 Å². The third-order valence-corrected chi connectivity index (χ3v) is 3.26. The van der Waals surface area contributed by atoms with Crippen LogP contribution in [0.15, 0.2) is 30.8 Å². The summed E-state index contributed by atoms with van der Waals surface area (Å²) < 4.78 is 14.3. The SMILES string of the molecule is C=C1CCCc2c1nc(-c1cccc(F)c1)n2O. The lowest BCUT2D eigenvalue weighted by Crippen LogP contribution is -2.05. The second-order valence-electron chi connectivity index (χ2n) is 4.51. The Kier molecular flexibility index (Phi) is 2.44. The summed E-state index contributed by atoms with van der Waals surface area (Å²) in [4.78, 5) is 4.39. The molecule has 1 aromatic heterocycles. The van der Waals surface area contributed by atoms with E-state index in [0.29, 0.717) is 11.4 Å². The molecule has 0 atom stereocenters. The van der Waals surface area contributed by atoms with Gasteiger partial charge in [-0.2, -0.15) is 4.73 Å². The fraction of sp³-hybridized carbons (Fsp3) is 0.214. The summed E-state index contributed by atoms with van der Waals surface area (Å²) in [6.45, 7) is 3.96. The van der Waals surface area contributed by atoms with Crippen molar-refractivity contribution in [1.82, 2.24) is 9.71 Å². The maximum atomic E-state index is 13.2. The fourth-order valence-corrected chi connectivity index (χ4v) is 2.36. The van der Waals surface area contributed by atoms with E-state index >= 15 is 0 Å². The zero-order valence-corrected chi connectivity index (χ0v) is 9.86. The summed E-state index contributed by atoms with van der Waals surface area (Å²) in [5.74, 6) is 0.0369. The van der Waals surface area contributed by atoms with Crippen molar-refractivity contribution in [2.75, 3.05) is 0 Å². The lowest BCUT2D eigenvalue weighted by Gasteiger charge is -2.12. The van der Waals surface area contributed by atoms with E-state index in [2.05, 4.69) is 11.6 Å². The number of fused-ring (bicyclic) bond motifs is 1. The lowest BCUT2D eigenvalue weighted by molar-refractivity contribution is 0.180. The highest BCUT2D eigenvalue weighted by atomic mass is 19.1. The first-order valence-corrected chi connectivity index (χ1v) is 5.92. The third-order valence-electron chi connectivity index (χ3n) is 3.26. The minimum absolute atomic E-state index is 0.340. The molecule has 1 aliphatic carbocycles. The van der Waals surface area contributed by atoms with Gasteiger partial charge in [-0.05, 0) is 37.0 Å². The van der Waals surface area contributed by atoms with Crippen molar-refractivity contribution in [1.29, 1.82) is 0 Å². The van der Waals surface area contributed by atoms with Crippen molar-refractivity contribution >= 4 is 5.57 Å². The van der Waals surface area contributed by atoms with Gasteiger partial charge in [-0.25, -0.2) is 9.37 Å². The molecule has 1 heterocycles. The minimum atomic E-state index is -0.340. The molecule has 4 heteroatoms. The average Bonchev–Trinajstić information content (AvgIpc) is 2.69. The molecule has 0 saturated carbocycles. The predicted molar refractivity (Wildman–Crippen MR) is 66.8 cm³/mol. The first-order chi connectivity index (χ1) is 8.66. The van der Waals surface area contributed by atoms with Gasteiger partial charge in [-0.15, -0.1) is 0 Å². The monoisotopic (exact) mass is 244 g/mol. The number of halogens is 1. The van der Waals surface area contributed by atoms with Crippen LogP contribution in [-0.2, 0) is 6.42 Å². The first-order valence-electron chi connectivity index (χ1n) is 5.92. The first kappa shape index (κ1) is 11.0. The Morgan fingerprint density at radius 1 is 1.33 bits per heavy atom. The molecule has 2 aromatic rings. The van der Waals surface area contributed by atoms with E-state index in [1.54, 1.807) is 12.1 Å². The van der Waals surface area contributed by atoms with Gasteiger partial charge in [0, 0.05) is 5.56 Å². The second-order valence-corrected chi connectivity index (χ2v) is 4.51. The van der Waals surface area contributed by atoms with Gasteiger partial charge in [-0.3, -0.25) is 0 Å². The van der Waals surface area contributed by atoms with Gasteiger partial charge in [0.2, 0.25) is 0 Å². The van der Waals surface area contributed by atoms with Gasteiger partial charge >= 0.3 is 0 Å². The lowest BCUT2D eigenvalue weighted by atomic mass is 9.97. The highest BCUT2D eigenvalue weighted by molar-refractivity contribution is 5.68. The van der Waals surface area contributed by atoms with E-state index in [1.807, 2.05) is 0 Å². The Morgan fingerprint density at radius 3 is 2.89 bits per heavy atom. The van der Waals surface area contributed by atoms with Crippen LogP contribution in [0.4, 0.5) is 4.39 Å². The zero-order chi connectivity index (χ0) is 12.7. The molecule has 0 fully saturated rings. The van der Waals surface area contributed by atoms with Gasteiger partial charge < -0.3 is 5.21 Å². The number of allylic oxidation sites excluding steroid dienone is 1. The molecule has 3 nitrogen and oxygen atoms in total. The molecule has 0 spiro atoms. The van der Waals surface area contributed by atoms with Crippen molar-refractivity contribution in [3.8, 4) is 11.4 Å². The van der Waals surface area contributed by atoms with E-state index in [9.17, 15) is 9.60 Å². The number of rotatable bonds is 1. The fourth-order valence-electron chi connectivity index (χ4n) is 2.36. The van der Waals surface area contributed by atoms with Crippen LogP contribution in [0.25, 0.3) is 17.0 Å². The van der Waals surface area contributed by atoms with Gasteiger partial charge in [0.1, 0.15) is 5.82 Å². The summed E-state index contributed by atoms with van der Waals surface area (Å²) in [5, 5.41) is 10.1. The van der Waals surface area contributed by atoms with E-state index in [1.165, 1.54) is 12.1 Å². The quantitative estimate of drug-likeness (QED) is 0.782. The van der Waals surface area contributed by atoms with Crippen LogP contribution in [0.2, 0.25) is 0 Å². The Hall–Kier alpha value is -2.10. The predicted octanol–water partition coefficient (Wildman–Crippen LogP) is 3.28. The number of benzene rings is 1. The van der Waals surface area contributed by atoms with Crippen molar-refractivity contribution in [2.45, 2.75) is 19.3 Å². The number of aromatic nitrogens is 2. The summed E-state index contributed by atoms with van der Waals surface area (Å²) in [6, 6.07) is 6.07. The van der Waals surface area contributed by atoms with Crippen LogP contribution >= 0.6 is 0 Å². The Labute approximate surface area is 104 Å². The van der Waals surface area contributed by atoms with Gasteiger partial charge in [0.15, 0.2) is 5.82 Å². The van der Waals surface area contributed by atoms with E-state index in [4.69, 9.17) is 0 Å². The number of hydrogen-bond acceptors (Lipinski definition) is 2. The Bertz CT molecular complexity index is 631. The molecule has 1 aromatic carbocycles. The molecule has 0 saturated heterocycles. The molecule has 92 valence electrons. The zero-order valence-electron chi connectivity index (χ0n) is 9.86. The second kappa shape index (κ2) is 3.98. The van der Waals surface area contributed by atoms with E-state index in [0.717, 1.165) is 41.0 Å². The van der Waals surface area contributed by atoms with E-state index in [-0.39, 0.29) is 5.82 Å². The minimum Gasteiger partial charge on any atom is -0.427 e. The third kappa shape index (κ3) is 1.61. The standard InChI is InChI=1S/C14H13FN2O/c1-9-4-2-7-12-13(9)16-14(17(12)18)10-5-3-6-11(15)8-10/h3,5-6,8,18H,1-2,4,7H2. The van der Waals surface area contributed by atoms with Crippen molar-refractivity contribution < 1.29 is 9.60 Å². The molecular weight excluding hydrogens is 231 g/mol. The summed E-state index contributed by atoms with van der Waals surface area (Å²) in [6.07, 6.45) is 2.63. The molecule has 1 N–H and O–H groups in total. The normalized spacial score (nSPS) is 14.6. The highest BCUT2D eigenvalue weighted by Crippen LogP contribution is 2.32. The van der Waals surface area contributed by atoms with Crippen molar-refractivity contribution in [3.63, 3.8) is 0 Å². The number of imidazole rings is 1.